The minimum absolute atomic E-state index is 0.0439. The van der Waals surface area contributed by atoms with E-state index in [-0.39, 0.29) is 11.8 Å². The number of ether oxygens (including phenoxy) is 1. The molecule has 1 amide bonds. The molecular formula is C13H14N2O2. The SMILES string of the molecule is COc1ccccc1CN1CC(C#N)CC1=O. The molecule has 1 atom stereocenters. The molecule has 88 valence electrons. The molecule has 0 saturated carbocycles. The van der Waals surface area contributed by atoms with Crippen LogP contribution in [0.1, 0.15) is 12.0 Å². The molecule has 2 rings (SSSR count). The summed E-state index contributed by atoms with van der Waals surface area (Å²) in [5.74, 6) is 0.653. The van der Waals surface area contributed by atoms with E-state index in [0.717, 1.165) is 11.3 Å². The summed E-state index contributed by atoms with van der Waals surface area (Å²) >= 11 is 0. The van der Waals surface area contributed by atoms with E-state index in [9.17, 15) is 4.79 Å². The zero-order chi connectivity index (χ0) is 12.3. The normalized spacial score (nSPS) is 19.2. The van der Waals surface area contributed by atoms with Crippen molar-refractivity contribution in [3.8, 4) is 11.8 Å². The third-order valence-corrected chi connectivity index (χ3v) is 2.95. The number of nitriles is 1. The molecule has 0 N–H and O–H groups in total. The number of carbonyl (C=O) groups is 1. The highest BCUT2D eigenvalue weighted by molar-refractivity contribution is 5.79. The first-order valence-corrected chi connectivity index (χ1v) is 5.54. The first-order valence-electron chi connectivity index (χ1n) is 5.54. The number of para-hydroxylation sites is 1. The molecule has 1 unspecified atom stereocenters. The van der Waals surface area contributed by atoms with Crippen molar-refractivity contribution in [2.45, 2.75) is 13.0 Å². The summed E-state index contributed by atoms with van der Waals surface area (Å²) in [6.45, 7) is 1.04. The van der Waals surface area contributed by atoms with Gasteiger partial charge in [-0.3, -0.25) is 4.79 Å². The molecule has 1 fully saturated rings. The predicted octanol–water partition coefficient (Wildman–Crippen LogP) is 1.57. The van der Waals surface area contributed by atoms with Crippen molar-refractivity contribution in [1.82, 2.24) is 4.90 Å². The minimum atomic E-state index is -0.169. The maximum atomic E-state index is 11.7. The van der Waals surface area contributed by atoms with Crippen LogP contribution in [0.4, 0.5) is 0 Å². The van der Waals surface area contributed by atoms with Crippen LogP contribution in [0.2, 0.25) is 0 Å². The van der Waals surface area contributed by atoms with E-state index >= 15 is 0 Å². The Morgan fingerprint density at radius 1 is 1.53 bits per heavy atom. The summed E-state index contributed by atoms with van der Waals surface area (Å²) in [6.07, 6.45) is 0.339. The number of nitrogens with zero attached hydrogens (tertiary/aromatic N) is 2. The van der Waals surface area contributed by atoms with Crippen molar-refractivity contribution < 1.29 is 9.53 Å². The fraction of sp³-hybridized carbons (Fsp3) is 0.385. The Hall–Kier alpha value is -2.02. The lowest BCUT2D eigenvalue weighted by molar-refractivity contribution is -0.128. The first kappa shape index (κ1) is 11.5. The predicted molar refractivity (Wildman–Crippen MR) is 62.1 cm³/mol. The highest BCUT2D eigenvalue weighted by Gasteiger charge is 2.29. The van der Waals surface area contributed by atoms with Crippen molar-refractivity contribution in [3.63, 3.8) is 0 Å². The van der Waals surface area contributed by atoms with Gasteiger partial charge in [-0.05, 0) is 6.07 Å². The van der Waals surface area contributed by atoms with E-state index in [1.165, 1.54) is 0 Å². The van der Waals surface area contributed by atoms with Crippen molar-refractivity contribution in [1.29, 1.82) is 5.26 Å². The molecule has 4 nitrogen and oxygen atoms in total. The van der Waals surface area contributed by atoms with E-state index in [1.807, 2.05) is 24.3 Å². The summed E-state index contributed by atoms with van der Waals surface area (Å²) < 4.78 is 5.24. The van der Waals surface area contributed by atoms with Crippen LogP contribution < -0.4 is 4.74 Å². The van der Waals surface area contributed by atoms with Crippen LogP contribution in [-0.2, 0) is 11.3 Å². The number of methoxy groups -OCH3 is 1. The highest BCUT2D eigenvalue weighted by atomic mass is 16.5. The molecule has 1 aromatic rings. The smallest absolute Gasteiger partial charge is 0.224 e. The van der Waals surface area contributed by atoms with Gasteiger partial charge >= 0.3 is 0 Å². The average molecular weight is 230 g/mol. The van der Waals surface area contributed by atoms with Gasteiger partial charge < -0.3 is 9.64 Å². The number of amides is 1. The lowest BCUT2D eigenvalue weighted by Gasteiger charge is -2.17. The Balaban J connectivity index is 2.11. The molecule has 0 bridgehead atoms. The molecule has 1 heterocycles. The van der Waals surface area contributed by atoms with E-state index in [1.54, 1.807) is 12.0 Å². The third kappa shape index (κ3) is 2.39. The van der Waals surface area contributed by atoms with Crippen LogP contribution in [0, 0.1) is 17.2 Å². The van der Waals surface area contributed by atoms with Crippen molar-refractivity contribution in [3.05, 3.63) is 29.8 Å². The maximum Gasteiger partial charge on any atom is 0.224 e. The lowest BCUT2D eigenvalue weighted by Crippen LogP contribution is -2.24. The van der Waals surface area contributed by atoms with Gasteiger partial charge in [-0.2, -0.15) is 5.26 Å². The molecule has 4 heteroatoms. The van der Waals surface area contributed by atoms with Crippen LogP contribution in [0.15, 0.2) is 24.3 Å². The number of rotatable bonds is 3. The third-order valence-electron chi connectivity index (χ3n) is 2.95. The molecule has 17 heavy (non-hydrogen) atoms. The quantitative estimate of drug-likeness (QED) is 0.792. The Morgan fingerprint density at radius 2 is 2.29 bits per heavy atom. The van der Waals surface area contributed by atoms with E-state index in [2.05, 4.69) is 6.07 Å². The molecular weight excluding hydrogens is 216 g/mol. The highest BCUT2D eigenvalue weighted by Crippen LogP contribution is 2.24. The average Bonchev–Trinajstić information content (AvgIpc) is 2.71. The molecule has 1 aromatic carbocycles. The van der Waals surface area contributed by atoms with Gasteiger partial charge in [-0.1, -0.05) is 18.2 Å². The minimum Gasteiger partial charge on any atom is -0.496 e. The molecule has 0 aliphatic carbocycles. The van der Waals surface area contributed by atoms with Crippen LogP contribution in [0.25, 0.3) is 0 Å². The largest absolute Gasteiger partial charge is 0.496 e. The maximum absolute atomic E-state index is 11.7. The van der Waals surface area contributed by atoms with Gasteiger partial charge in [-0.25, -0.2) is 0 Å². The molecule has 1 saturated heterocycles. The second kappa shape index (κ2) is 4.88. The van der Waals surface area contributed by atoms with E-state index < -0.39 is 0 Å². The second-order valence-corrected chi connectivity index (χ2v) is 4.12. The van der Waals surface area contributed by atoms with Gasteiger partial charge in [-0.15, -0.1) is 0 Å². The molecule has 0 radical (unpaired) electrons. The second-order valence-electron chi connectivity index (χ2n) is 4.12. The monoisotopic (exact) mass is 230 g/mol. The van der Waals surface area contributed by atoms with Gasteiger partial charge in [0.1, 0.15) is 5.75 Å². The Kier molecular flexibility index (Phi) is 3.29. The first-order chi connectivity index (χ1) is 8.24. The van der Waals surface area contributed by atoms with Gasteiger partial charge in [0.15, 0.2) is 0 Å². The number of hydrogen-bond donors (Lipinski definition) is 0. The topological polar surface area (TPSA) is 53.3 Å². The van der Waals surface area contributed by atoms with Gasteiger partial charge in [0, 0.05) is 25.1 Å². The van der Waals surface area contributed by atoms with Crippen LogP contribution >= 0.6 is 0 Å². The summed E-state index contributed by atoms with van der Waals surface area (Å²) in [6, 6.07) is 9.77. The van der Waals surface area contributed by atoms with Gasteiger partial charge in [0.2, 0.25) is 5.91 Å². The van der Waals surface area contributed by atoms with Crippen LogP contribution in [0.3, 0.4) is 0 Å². The zero-order valence-electron chi connectivity index (χ0n) is 9.72. The van der Waals surface area contributed by atoms with Gasteiger partial charge in [0.05, 0.1) is 19.1 Å². The number of hydrogen-bond acceptors (Lipinski definition) is 3. The summed E-state index contributed by atoms with van der Waals surface area (Å²) in [5, 5.41) is 8.81. The summed E-state index contributed by atoms with van der Waals surface area (Å²) in [5.41, 5.74) is 0.974. The fourth-order valence-corrected chi connectivity index (χ4v) is 2.05. The van der Waals surface area contributed by atoms with Gasteiger partial charge in [0.25, 0.3) is 0 Å². The van der Waals surface area contributed by atoms with E-state index in [4.69, 9.17) is 10.00 Å². The standard InChI is InChI=1S/C13H14N2O2/c1-17-12-5-3-2-4-11(12)9-15-8-10(7-14)6-13(15)16/h2-5,10H,6,8-9H2,1H3. The van der Waals surface area contributed by atoms with Crippen LogP contribution in [-0.4, -0.2) is 24.5 Å². The zero-order valence-corrected chi connectivity index (χ0v) is 9.72. The fourth-order valence-electron chi connectivity index (χ4n) is 2.05. The Labute approximate surface area is 100 Å². The Morgan fingerprint density at radius 3 is 2.94 bits per heavy atom. The van der Waals surface area contributed by atoms with Crippen molar-refractivity contribution >= 4 is 5.91 Å². The number of likely N-dealkylation sites (tertiary alicyclic amines) is 1. The molecule has 0 spiro atoms. The summed E-state index contributed by atoms with van der Waals surface area (Å²) in [4.78, 5) is 13.4. The molecule has 0 aromatic heterocycles. The van der Waals surface area contributed by atoms with Crippen molar-refractivity contribution in [2.24, 2.45) is 5.92 Å². The molecule has 1 aliphatic rings. The van der Waals surface area contributed by atoms with E-state index in [0.29, 0.717) is 19.5 Å². The van der Waals surface area contributed by atoms with Crippen LogP contribution in [0.5, 0.6) is 5.75 Å². The number of benzene rings is 1. The van der Waals surface area contributed by atoms with Crippen molar-refractivity contribution in [2.75, 3.05) is 13.7 Å². The molecule has 1 aliphatic heterocycles. The Bertz CT molecular complexity index is 465. The number of carbonyl (C=O) groups excluding carboxylic acids is 1. The summed E-state index contributed by atoms with van der Waals surface area (Å²) in [7, 11) is 1.61. The lowest BCUT2D eigenvalue weighted by atomic mass is 10.1.